The summed E-state index contributed by atoms with van der Waals surface area (Å²) in [6, 6.07) is 6.19. The summed E-state index contributed by atoms with van der Waals surface area (Å²) in [5.41, 5.74) is 4.00. The van der Waals surface area contributed by atoms with E-state index in [9.17, 15) is 9.18 Å². The maximum absolute atomic E-state index is 13.2. The Bertz CT molecular complexity index is 979. The van der Waals surface area contributed by atoms with Gasteiger partial charge < -0.3 is 5.32 Å². The number of benzene rings is 1. The van der Waals surface area contributed by atoms with E-state index in [0.29, 0.717) is 35.9 Å². The number of carbonyl (C=O) groups is 1. The van der Waals surface area contributed by atoms with Crippen molar-refractivity contribution < 1.29 is 9.18 Å². The average Bonchev–Trinajstić information content (AvgIpc) is 3.13. The van der Waals surface area contributed by atoms with Crippen LogP contribution in [0.15, 0.2) is 30.5 Å². The van der Waals surface area contributed by atoms with Crippen LogP contribution in [0.4, 0.5) is 10.1 Å². The average molecular weight is 390 g/mol. The summed E-state index contributed by atoms with van der Waals surface area (Å²) in [4.78, 5) is 12.3. The van der Waals surface area contributed by atoms with Crippen molar-refractivity contribution in [2.75, 3.05) is 5.32 Å². The molecule has 2 aromatic heterocycles. The third-order valence-corrected chi connectivity index (χ3v) is 4.81. The van der Waals surface area contributed by atoms with Gasteiger partial charge in [0.05, 0.1) is 23.6 Å². The molecule has 0 unspecified atom stereocenters. The van der Waals surface area contributed by atoms with Crippen molar-refractivity contribution >= 4 is 23.2 Å². The molecule has 3 rings (SSSR count). The van der Waals surface area contributed by atoms with Gasteiger partial charge in [0.15, 0.2) is 0 Å². The highest BCUT2D eigenvalue weighted by Crippen LogP contribution is 2.23. The van der Waals surface area contributed by atoms with Crippen molar-refractivity contribution in [3.63, 3.8) is 0 Å². The molecule has 1 N–H and O–H groups in total. The SMILES string of the molecule is Cc1nn(Cc2ccc(F)cc2Cl)c(C)c1NC(=O)CCn1nccc1C. The monoisotopic (exact) mass is 389 g/mol. The normalized spacial score (nSPS) is 11.0. The zero-order valence-corrected chi connectivity index (χ0v) is 16.2. The molecule has 0 aliphatic heterocycles. The predicted octanol–water partition coefficient (Wildman–Crippen LogP) is 3.87. The van der Waals surface area contributed by atoms with Crippen molar-refractivity contribution in [1.82, 2.24) is 19.6 Å². The fraction of sp³-hybridized carbons (Fsp3) is 0.316. The topological polar surface area (TPSA) is 64.7 Å². The zero-order valence-electron chi connectivity index (χ0n) is 15.5. The minimum absolute atomic E-state index is 0.101. The Balaban J connectivity index is 1.69. The van der Waals surface area contributed by atoms with Gasteiger partial charge in [-0.05, 0) is 44.5 Å². The number of aryl methyl sites for hydroxylation is 3. The van der Waals surface area contributed by atoms with E-state index in [0.717, 1.165) is 17.0 Å². The minimum Gasteiger partial charge on any atom is -0.323 e. The van der Waals surface area contributed by atoms with Crippen LogP contribution < -0.4 is 5.32 Å². The van der Waals surface area contributed by atoms with Crippen LogP contribution in [0.3, 0.4) is 0 Å². The number of nitrogens with one attached hydrogen (secondary N) is 1. The fourth-order valence-corrected chi connectivity index (χ4v) is 3.11. The maximum atomic E-state index is 13.2. The van der Waals surface area contributed by atoms with Gasteiger partial charge in [0.25, 0.3) is 0 Å². The molecule has 27 heavy (non-hydrogen) atoms. The van der Waals surface area contributed by atoms with Gasteiger partial charge in [-0.2, -0.15) is 10.2 Å². The molecule has 0 aliphatic carbocycles. The molecule has 0 saturated heterocycles. The van der Waals surface area contributed by atoms with Crippen molar-refractivity contribution in [3.05, 3.63) is 63.9 Å². The van der Waals surface area contributed by atoms with Gasteiger partial charge >= 0.3 is 0 Å². The molecule has 0 aliphatic rings. The summed E-state index contributed by atoms with van der Waals surface area (Å²) < 4.78 is 16.8. The van der Waals surface area contributed by atoms with E-state index >= 15 is 0 Å². The predicted molar refractivity (Wildman–Crippen MR) is 102 cm³/mol. The molecule has 0 radical (unpaired) electrons. The molecule has 0 saturated carbocycles. The Labute approximate surface area is 161 Å². The highest BCUT2D eigenvalue weighted by atomic mass is 35.5. The van der Waals surface area contributed by atoms with Crippen LogP contribution in [0.2, 0.25) is 5.02 Å². The lowest BCUT2D eigenvalue weighted by atomic mass is 10.2. The highest BCUT2D eigenvalue weighted by Gasteiger charge is 2.15. The molecule has 8 heteroatoms. The standard InChI is InChI=1S/C19H21ClFN5O/c1-12-6-8-22-25(12)9-7-18(27)23-19-13(2)24-26(14(19)3)11-15-4-5-16(21)10-17(15)20/h4-6,8,10H,7,9,11H2,1-3H3,(H,23,27). The number of hydrogen-bond acceptors (Lipinski definition) is 3. The maximum Gasteiger partial charge on any atom is 0.226 e. The van der Waals surface area contributed by atoms with Gasteiger partial charge in [0.1, 0.15) is 5.82 Å². The molecule has 3 aromatic rings. The number of hydrogen-bond donors (Lipinski definition) is 1. The first kappa shape index (κ1) is 19.1. The van der Waals surface area contributed by atoms with Gasteiger partial charge in [0.2, 0.25) is 5.91 Å². The molecule has 0 spiro atoms. The van der Waals surface area contributed by atoms with Crippen LogP contribution in [-0.2, 0) is 17.9 Å². The van der Waals surface area contributed by atoms with Crippen molar-refractivity contribution in [1.29, 1.82) is 0 Å². The number of rotatable bonds is 6. The van der Waals surface area contributed by atoms with E-state index in [4.69, 9.17) is 11.6 Å². The highest BCUT2D eigenvalue weighted by molar-refractivity contribution is 6.31. The van der Waals surface area contributed by atoms with Gasteiger partial charge in [-0.15, -0.1) is 0 Å². The van der Waals surface area contributed by atoms with E-state index in [1.165, 1.54) is 12.1 Å². The largest absolute Gasteiger partial charge is 0.323 e. The third-order valence-electron chi connectivity index (χ3n) is 4.46. The number of aromatic nitrogens is 4. The zero-order chi connectivity index (χ0) is 19.6. The van der Waals surface area contributed by atoms with E-state index in [1.807, 2.05) is 26.8 Å². The molecular formula is C19H21ClFN5O. The molecule has 0 fully saturated rings. The van der Waals surface area contributed by atoms with E-state index in [1.54, 1.807) is 21.6 Å². The molecule has 0 atom stereocenters. The smallest absolute Gasteiger partial charge is 0.226 e. The molecule has 1 amide bonds. The Morgan fingerprint density at radius 2 is 2.00 bits per heavy atom. The Hall–Kier alpha value is -2.67. The van der Waals surface area contributed by atoms with Crippen LogP contribution in [0.25, 0.3) is 0 Å². The summed E-state index contributed by atoms with van der Waals surface area (Å²) in [5, 5.41) is 11.9. The number of halogens is 2. The number of amides is 1. The van der Waals surface area contributed by atoms with Gasteiger partial charge in [-0.1, -0.05) is 17.7 Å². The van der Waals surface area contributed by atoms with Crippen LogP contribution >= 0.6 is 11.6 Å². The Kier molecular flexibility index (Phi) is 5.60. The van der Waals surface area contributed by atoms with E-state index < -0.39 is 0 Å². The first-order valence-corrected chi connectivity index (χ1v) is 8.99. The van der Waals surface area contributed by atoms with Crippen molar-refractivity contribution in [2.24, 2.45) is 0 Å². The summed E-state index contributed by atoms with van der Waals surface area (Å²) in [6.07, 6.45) is 2.03. The molecule has 6 nitrogen and oxygen atoms in total. The lowest BCUT2D eigenvalue weighted by Gasteiger charge is -2.09. The second kappa shape index (κ2) is 7.92. The van der Waals surface area contributed by atoms with Gasteiger partial charge in [-0.3, -0.25) is 14.2 Å². The summed E-state index contributed by atoms with van der Waals surface area (Å²) >= 11 is 6.11. The van der Waals surface area contributed by atoms with E-state index in [-0.39, 0.29) is 11.7 Å². The van der Waals surface area contributed by atoms with Gasteiger partial charge in [0, 0.05) is 29.9 Å². The summed E-state index contributed by atoms with van der Waals surface area (Å²) in [6.45, 7) is 6.58. The lowest BCUT2D eigenvalue weighted by molar-refractivity contribution is -0.116. The van der Waals surface area contributed by atoms with Crippen LogP contribution in [0, 0.1) is 26.6 Å². The summed E-state index contributed by atoms with van der Waals surface area (Å²) in [5.74, 6) is -0.479. The molecule has 1 aromatic carbocycles. The first-order chi connectivity index (χ1) is 12.8. The third kappa shape index (κ3) is 4.36. The lowest BCUT2D eigenvalue weighted by Crippen LogP contribution is -2.16. The number of nitrogens with zero attached hydrogens (tertiary/aromatic N) is 4. The first-order valence-electron chi connectivity index (χ1n) is 8.61. The molecular weight excluding hydrogens is 369 g/mol. The van der Waals surface area contributed by atoms with Crippen LogP contribution in [-0.4, -0.2) is 25.5 Å². The van der Waals surface area contributed by atoms with Crippen LogP contribution in [0.1, 0.15) is 29.1 Å². The molecule has 2 heterocycles. The quantitative estimate of drug-likeness (QED) is 0.695. The number of anilines is 1. The molecule has 142 valence electrons. The molecule has 0 bridgehead atoms. The number of carbonyl (C=O) groups excluding carboxylic acids is 1. The van der Waals surface area contributed by atoms with Crippen molar-refractivity contribution in [3.8, 4) is 0 Å². The van der Waals surface area contributed by atoms with Gasteiger partial charge in [-0.25, -0.2) is 4.39 Å². The van der Waals surface area contributed by atoms with E-state index in [2.05, 4.69) is 15.5 Å². The van der Waals surface area contributed by atoms with Crippen LogP contribution in [0.5, 0.6) is 0 Å². The minimum atomic E-state index is -0.377. The Morgan fingerprint density at radius 1 is 1.22 bits per heavy atom. The fourth-order valence-electron chi connectivity index (χ4n) is 2.89. The second-order valence-corrected chi connectivity index (χ2v) is 6.84. The van der Waals surface area contributed by atoms with Crippen molar-refractivity contribution in [2.45, 2.75) is 40.3 Å². The summed E-state index contributed by atoms with van der Waals surface area (Å²) in [7, 11) is 0. The Morgan fingerprint density at radius 3 is 2.67 bits per heavy atom. The second-order valence-electron chi connectivity index (χ2n) is 6.43.